The minimum absolute atomic E-state index is 0.0767. The van der Waals surface area contributed by atoms with E-state index >= 15 is 0 Å². The minimum Gasteiger partial charge on any atom is -0.352 e. The van der Waals surface area contributed by atoms with Gasteiger partial charge in [-0.1, -0.05) is 0 Å². The third-order valence-corrected chi connectivity index (χ3v) is 5.28. The molecule has 2 aromatic heterocycles. The summed E-state index contributed by atoms with van der Waals surface area (Å²) in [5, 5.41) is 6.96. The van der Waals surface area contributed by atoms with Crippen LogP contribution in [0.15, 0.2) is 17.9 Å². The molecule has 0 saturated carbocycles. The Bertz CT molecular complexity index is 730. The van der Waals surface area contributed by atoms with Crippen LogP contribution in [0.5, 0.6) is 0 Å². The largest absolute Gasteiger partial charge is 0.352 e. The van der Waals surface area contributed by atoms with Crippen molar-refractivity contribution in [1.29, 1.82) is 0 Å². The molecule has 1 aliphatic heterocycles. The third kappa shape index (κ3) is 3.64. The lowest BCUT2D eigenvalue weighted by Crippen LogP contribution is -2.41. The summed E-state index contributed by atoms with van der Waals surface area (Å²) in [5.41, 5.74) is 3.09. The van der Waals surface area contributed by atoms with Crippen LogP contribution in [0.2, 0.25) is 0 Å². The van der Waals surface area contributed by atoms with E-state index in [1.165, 1.54) is 11.3 Å². The molecule has 0 radical (unpaired) electrons. The van der Waals surface area contributed by atoms with Crippen LogP contribution in [-0.4, -0.2) is 51.1 Å². The SMILES string of the molecule is Cc1ncsc1C(=O)N1CCC(CNC(=O)c2cnn(C)c2)CC1. The quantitative estimate of drug-likeness (QED) is 0.908. The molecule has 2 aromatic rings. The van der Waals surface area contributed by atoms with Crippen molar-refractivity contribution in [2.24, 2.45) is 13.0 Å². The van der Waals surface area contributed by atoms with Gasteiger partial charge in [0.2, 0.25) is 0 Å². The van der Waals surface area contributed by atoms with Crippen molar-refractivity contribution < 1.29 is 9.59 Å². The fourth-order valence-electron chi connectivity index (χ4n) is 2.87. The van der Waals surface area contributed by atoms with Crippen molar-refractivity contribution >= 4 is 23.2 Å². The van der Waals surface area contributed by atoms with Gasteiger partial charge in [0.1, 0.15) is 4.88 Å². The van der Waals surface area contributed by atoms with Crippen molar-refractivity contribution in [2.75, 3.05) is 19.6 Å². The van der Waals surface area contributed by atoms with Crippen molar-refractivity contribution in [3.8, 4) is 0 Å². The molecule has 0 bridgehead atoms. The van der Waals surface area contributed by atoms with Crippen molar-refractivity contribution in [3.05, 3.63) is 34.0 Å². The molecule has 1 saturated heterocycles. The van der Waals surface area contributed by atoms with Gasteiger partial charge in [-0.15, -0.1) is 11.3 Å². The molecule has 8 heteroatoms. The van der Waals surface area contributed by atoms with Gasteiger partial charge in [0, 0.05) is 32.9 Å². The van der Waals surface area contributed by atoms with Crippen LogP contribution >= 0.6 is 11.3 Å². The summed E-state index contributed by atoms with van der Waals surface area (Å²) in [6.45, 7) is 3.95. The molecule has 0 atom stereocenters. The fraction of sp³-hybridized carbons (Fsp3) is 0.500. The van der Waals surface area contributed by atoms with E-state index < -0.39 is 0 Å². The molecule has 0 spiro atoms. The monoisotopic (exact) mass is 347 g/mol. The zero-order valence-electron chi connectivity index (χ0n) is 13.9. The number of carbonyl (C=O) groups excluding carboxylic acids is 2. The number of aryl methyl sites for hydroxylation is 2. The number of aromatic nitrogens is 3. The molecule has 24 heavy (non-hydrogen) atoms. The number of hydrogen-bond acceptors (Lipinski definition) is 5. The first-order valence-corrected chi connectivity index (χ1v) is 8.88. The number of nitrogens with zero attached hydrogens (tertiary/aromatic N) is 4. The standard InChI is InChI=1S/C16H21N5O2S/c1-11-14(24-10-18-11)16(23)21-5-3-12(4-6-21)7-17-15(22)13-8-19-20(2)9-13/h8-10,12H,3-7H2,1-2H3,(H,17,22). The first-order chi connectivity index (χ1) is 11.5. The van der Waals surface area contributed by atoms with Crippen LogP contribution < -0.4 is 5.32 Å². The average Bonchev–Trinajstić information content (AvgIpc) is 3.21. The maximum atomic E-state index is 12.5. The van der Waals surface area contributed by atoms with Gasteiger partial charge in [-0.2, -0.15) is 5.10 Å². The summed E-state index contributed by atoms with van der Waals surface area (Å²) in [7, 11) is 1.79. The number of likely N-dealkylation sites (tertiary alicyclic amines) is 1. The maximum absolute atomic E-state index is 12.5. The Morgan fingerprint density at radius 2 is 2.12 bits per heavy atom. The van der Waals surface area contributed by atoms with Gasteiger partial charge in [0.25, 0.3) is 11.8 Å². The second-order valence-corrected chi connectivity index (χ2v) is 6.97. The maximum Gasteiger partial charge on any atom is 0.265 e. The highest BCUT2D eigenvalue weighted by Crippen LogP contribution is 2.21. The van der Waals surface area contributed by atoms with Crippen molar-refractivity contribution in [3.63, 3.8) is 0 Å². The molecule has 1 fully saturated rings. The third-order valence-electron chi connectivity index (χ3n) is 4.36. The first-order valence-electron chi connectivity index (χ1n) is 8.01. The Labute approximate surface area is 144 Å². The predicted octanol–water partition coefficient (Wildman–Crippen LogP) is 1.47. The Morgan fingerprint density at radius 1 is 1.38 bits per heavy atom. The second-order valence-electron chi connectivity index (χ2n) is 6.12. The van der Waals surface area contributed by atoms with Crippen LogP contribution in [0.4, 0.5) is 0 Å². The molecule has 0 aromatic carbocycles. The van der Waals surface area contributed by atoms with E-state index in [1.807, 2.05) is 11.8 Å². The van der Waals surface area contributed by atoms with Gasteiger partial charge >= 0.3 is 0 Å². The number of piperidine rings is 1. The van der Waals surface area contributed by atoms with Gasteiger partial charge in [0.05, 0.1) is 23.0 Å². The van der Waals surface area contributed by atoms with E-state index in [0.29, 0.717) is 18.0 Å². The summed E-state index contributed by atoms with van der Waals surface area (Å²) in [4.78, 5) is 31.3. The lowest BCUT2D eigenvalue weighted by molar-refractivity contribution is 0.0688. The highest BCUT2D eigenvalue weighted by Gasteiger charge is 2.25. The minimum atomic E-state index is -0.0955. The Hall–Kier alpha value is -2.22. The van der Waals surface area contributed by atoms with Crippen LogP contribution in [0.3, 0.4) is 0 Å². The number of nitrogens with one attached hydrogen (secondary N) is 1. The van der Waals surface area contributed by atoms with Gasteiger partial charge < -0.3 is 10.2 Å². The number of carbonyl (C=O) groups is 2. The molecule has 3 rings (SSSR count). The van der Waals surface area contributed by atoms with E-state index in [4.69, 9.17) is 0 Å². The summed E-state index contributed by atoms with van der Waals surface area (Å²) in [6.07, 6.45) is 5.07. The summed E-state index contributed by atoms with van der Waals surface area (Å²) in [6, 6.07) is 0. The van der Waals surface area contributed by atoms with Crippen LogP contribution in [0.1, 0.15) is 38.6 Å². The summed E-state index contributed by atoms with van der Waals surface area (Å²) in [5.74, 6) is 0.381. The molecule has 0 aliphatic carbocycles. The number of hydrogen-bond donors (Lipinski definition) is 1. The van der Waals surface area contributed by atoms with Gasteiger partial charge in [-0.05, 0) is 25.7 Å². The lowest BCUT2D eigenvalue weighted by Gasteiger charge is -2.31. The fourth-order valence-corrected chi connectivity index (χ4v) is 3.64. The normalized spacial score (nSPS) is 15.5. The Kier molecular flexibility index (Phi) is 4.94. The van der Waals surface area contributed by atoms with E-state index in [0.717, 1.165) is 36.5 Å². The van der Waals surface area contributed by atoms with Crippen molar-refractivity contribution in [1.82, 2.24) is 25.0 Å². The molecular formula is C16H21N5O2S. The number of amides is 2. The van der Waals surface area contributed by atoms with E-state index in [1.54, 1.807) is 29.6 Å². The second kappa shape index (κ2) is 7.12. The molecular weight excluding hydrogens is 326 g/mol. The van der Waals surface area contributed by atoms with Gasteiger partial charge in [0.15, 0.2) is 0 Å². The molecule has 1 aliphatic rings. The van der Waals surface area contributed by atoms with Crippen LogP contribution in [-0.2, 0) is 7.05 Å². The van der Waals surface area contributed by atoms with Gasteiger partial charge in [-0.25, -0.2) is 4.98 Å². The number of rotatable bonds is 4. The van der Waals surface area contributed by atoms with Crippen LogP contribution in [0, 0.1) is 12.8 Å². The number of thiazole rings is 1. The van der Waals surface area contributed by atoms with Crippen molar-refractivity contribution in [2.45, 2.75) is 19.8 Å². The highest BCUT2D eigenvalue weighted by atomic mass is 32.1. The molecule has 2 amide bonds. The smallest absolute Gasteiger partial charge is 0.265 e. The molecule has 0 unspecified atom stereocenters. The lowest BCUT2D eigenvalue weighted by atomic mass is 9.96. The zero-order chi connectivity index (χ0) is 17.1. The summed E-state index contributed by atoms with van der Waals surface area (Å²) < 4.78 is 1.61. The van der Waals surface area contributed by atoms with E-state index in [-0.39, 0.29) is 11.8 Å². The molecule has 1 N–H and O–H groups in total. The molecule has 3 heterocycles. The average molecular weight is 347 g/mol. The van der Waals surface area contributed by atoms with Gasteiger partial charge in [-0.3, -0.25) is 14.3 Å². The van der Waals surface area contributed by atoms with E-state index in [2.05, 4.69) is 15.4 Å². The molecule has 7 nitrogen and oxygen atoms in total. The highest BCUT2D eigenvalue weighted by molar-refractivity contribution is 7.11. The van der Waals surface area contributed by atoms with E-state index in [9.17, 15) is 9.59 Å². The zero-order valence-corrected chi connectivity index (χ0v) is 14.7. The Morgan fingerprint density at radius 3 is 2.71 bits per heavy atom. The Balaban J connectivity index is 1.46. The molecule has 128 valence electrons. The predicted molar refractivity (Wildman–Crippen MR) is 91.0 cm³/mol. The first kappa shape index (κ1) is 16.6. The topological polar surface area (TPSA) is 80.1 Å². The summed E-state index contributed by atoms with van der Waals surface area (Å²) >= 11 is 1.40. The van der Waals surface area contributed by atoms with Crippen LogP contribution in [0.25, 0.3) is 0 Å².